The van der Waals surface area contributed by atoms with E-state index in [-0.39, 0.29) is 6.61 Å². The van der Waals surface area contributed by atoms with E-state index in [1.807, 2.05) is 19.1 Å². The molecule has 3 N–H and O–H groups in total. The van der Waals surface area contributed by atoms with E-state index in [0.717, 1.165) is 22.9 Å². The van der Waals surface area contributed by atoms with Crippen molar-refractivity contribution in [1.82, 2.24) is 9.97 Å². The molecule has 0 radical (unpaired) electrons. The lowest BCUT2D eigenvalue weighted by molar-refractivity contribution is 0.311. The lowest BCUT2D eigenvalue weighted by atomic mass is 9.89. The molecule has 1 aromatic rings. The summed E-state index contributed by atoms with van der Waals surface area (Å²) in [5.74, 6) is 2.09. The monoisotopic (exact) mass is 316 g/mol. The Morgan fingerprint density at radius 1 is 1.22 bits per heavy atom. The predicted octanol–water partition coefficient (Wildman–Crippen LogP) is 1.64. The van der Waals surface area contributed by atoms with Crippen molar-refractivity contribution >= 4 is 23.9 Å². The van der Waals surface area contributed by atoms with Gasteiger partial charge in [0.15, 0.2) is 0 Å². The average molecular weight is 316 g/mol. The molecule has 0 atom stereocenters. The van der Waals surface area contributed by atoms with Gasteiger partial charge in [-0.2, -0.15) is 4.98 Å². The van der Waals surface area contributed by atoms with Gasteiger partial charge in [-0.15, -0.1) is 0 Å². The van der Waals surface area contributed by atoms with Gasteiger partial charge in [-0.1, -0.05) is 38.0 Å². The van der Waals surface area contributed by atoms with Crippen LogP contribution in [0.5, 0.6) is 0 Å². The predicted molar refractivity (Wildman–Crippen MR) is 96.7 cm³/mol. The highest BCUT2D eigenvalue weighted by Crippen LogP contribution is 2.23. The maximum Gasteiger partial charge on any atom is 0.225 e. The Hall–Kier alpha value is -1.88. The van der Waals surface area contributed by atoms with E-state index in [4.69, 9.17) is 5.11 Å². The lowest BCUT2D eigenvalue weighted by Gasteiger charge is -2.21. The summed E-state index contributed by atoms with van der Waals surface area (Å²) < 4.78 is 0. The molecule has 0 bridgehead atoms. The van der Waals surface area contributed by atoms with Crippen LogP contribution in [0.4, 0.5) is 11.8 Å². The first-order chi connectivity index (χ1) is 11.3. The zero-order valence-electron chi connectivity index (χ0n) is 14.0. The van der Waals surface area contributed by atoms with Gasteiger partial charge in [-0.3, -0.25) is 0 Å². The molecule has 1 aliphatic carbocycles. The van der Waals surface area contributed by atoms with Crippen molar-refractivity contribution < 1.29 is 5.11 Å². The van der Waals surface area contributed by atoms with Gasteiger partial charge in [0.25, 0.3) is 0 Å². The fourth-order valence-electron chi connectivity index (χ4n) is 3.03. The van der Waals surface area contributed by atoms with Crippen LogP contribution in [-0.4, -0.2) is 34.8 Å². The number of allylic oxidation sites excluding steroid dienone is 1. The summed E-state index contributed by atoms with van der Waals surface area (Å²) in [7, 11) is 0. The first kappa shape index (κ1) is 17.5. The van der Waals surface area contributed by atoms with E-state index in [1.165, 1.54) is 32.1 Å². The molecule has 5 heteroatoms. The van der Waals surface area contributed by atoms with Crippen molar-refractivity contribution in [3.8, 4) is 0 Å². The SMILES string of the molecule is C=C/C=c1/nc(NCC2CCCCC2)nc(NCCO)/c1=C/C. The van der Waals surface area contributed by atoms with Crippen LogP contribution in [0.3, 0.4) is 0 Å². The first-order valence-electron chi connectivity index (χ1n) is 8.54. The number of nitrogens with zero attached hydrogens (tertiary/aromatic N) is 2. The second kappa shape index (κ2) is 9.30. The highest BCUT2D eigenvalue weighted by Gasteiger charge is 2.13. The van der Waals surface area contributed by atoms with Crippen molar-refractivity contribution in [2.24, 2.45) is 5.92 Å². The van der Waals surface area contributed by atoms with E-state index in [9.17, 15) is 0 Å². The molecule has 1 fully saturated rings. The molecule has 0 amide bonds. The number of hydrogen-bond acceptors (Lipinski definition) is 5. The molecule has 1 heterocycles. The fraction of sp³-hybridized carbons (Fsp3) is 0.556. The van der Waals surface area contributed by atoms with Crippen molar-refractivity contribution in [1.29, 1.82) is 0 Å². The molecule has 1 aromatic heterocycles. The third-order valence-corrected chi connectivity index (χ3v) is 4.22. The summed E-state index contributed by atoms with van der Waals surface area (Å²) in [6.45, 7) is 7.17. The molecule has 1 saturated carbocycles. The fourth-order valence-corrected chi connectivity index (χ4v) is 3.03. The van der Waals surface area contributed by atoms with Crippen LogP contribution >= 0.6 is 0 Å². The van der Waals surface area contributed by atoms with Gasteiger partial charge in [0.05, 0.1) is 12.0 Å². The third-order valence-electron chi connectivity index (χ3n) is 4.22. The van der Waals surface area contributed by atoms with Gasteiger partial charge in [0.2, 0.25) is 5.95 Å². The Morgan fingerprint density at radius 3 is 2.65 bits per heavy atom. The molecule has 0 unspecified atom stereocenters. The molecule has 0 saturated heterocycles. The van der Waals surface area contributed by atoms with Crippen LogP contribution < -0.4 is 21.2 Å². The maximum absolute atomic E-state index is 9.05. The maximum atomic E-state index is 9.05. The van der Waals surface area contributed by atoms with Crippen LogP contribution in [0, 0.1) is 5.92 Å². The van der Waals surface area contributed by atoms with Gasteiger partial charge in [0, 0.05) is 18.3 Å². The van der Waals surface area contributed by atoms with Gasteiger partial charge in [0.1, 0.15) is 5.82 Å². The number of rotatable bonds is 7. The number of hydrogen-bond donors (Lipinski definition) is 3. The second-order valence-electron chi connectivity index (χ2n) is 5.92. The Kier molecular flexibility index (Phi) is 7.07. The quantitative estimate of drug-likeness (QED) is 0.713. The summed E-state index contributed by atoms with van der Waals surface area (Å²) in [6.07, 6.45) is 12.2. The van der Waals surface area contributed by atoms with E-state index in [0.29, 0.717) is 18.4 Å². The zero-order chi connectivity index (χ0) is 16.5. The van der Waals surface area contributed by atoms with Gasteiger partial charge in [-0.05, 0) is 31.8 Å². The van der Waals surface area contributed by atoms with Crippen molar-refractivity contribution in [3.63, 3.8) is 0 Å². The number of anilines is 2. The second-order valence-corrected chi connectivity index (χ2v) is 5.92. The topological polar surface area (TPSA) is 70.1 Å². The molecular weight excluding hydrogens is 288 g/mol. The van der Waals surface area contributed by atoms with Gasteiger partial charge >= 0.3 is 0 Å². The molecule has 1 aliphatic rings. The standard InChI is InChI=1S/C18H28N4O/c1-3-8-16-15(4-2)17(19-11-12-23)22-18(21-16)20-13-14-9-6-5-7-10-14/h3-4,8,14,23H,1,5-7,9-13H2,2H3,(H2,19,20,21,22)/b15-4+,16-8+. The van der Waals surface area contributed by atoms with Crippen LogP contribution in [0.2, 0.25) is 0 Å². The Morgan fingerprint density at radius 2 is 2.00 bits per heavy atom. The summed E-state index contributed by atoms with van der Waals surface area (Å²) in [5, 5.41) is 17.4. The van der Waals surface area contributed by atoms with Crippen molar-refractivity contribution in [3.05, 3.63) is 23.2 Å². The average Bonchev–Trinajstić information content (AvgIpc) is 2.59. The molecule has 126 valence electrons. The molecule has 5 nitrogen and oxygen atoms in total. The van der Waals surface area contributed by atoms with Crippen LogP contribution in [0.15, 0.2) is 12.7 Å². The van der Waals surface area contributed by atoms with E-state index < -0.39 is 0 Å². The highest BCUT2D eigenvalue weighted by molar-refractivity contribution is 5.49. The Bertz CT molecular complexity index is 621. The summed E-state index contributed by atoms with van der Waals surface area (Å²) in [5.41, 5.74) is 0. The smallest absolute Gasteiger partial charge is 0.225 e. The highest BCUT2D eigenvalue weighted by atomic mass is 16.3. The minimum Gasteiger partial charge on any atom is -0.395 e. The van der Waals surface area contributed by atoms with Gasteiger partial charge < -0.3 is 15.7 Å². The normalized spacial score (nSPS) is 17.3. The molecule has 23 heavy (non-hydrogen) atoms. The molecule has 2 rings (SSSR count). The summed E-state index contributed by atoms with van der Waals surface area (Å²) >= 11 is 0. The summed E-state index contributed by atoms with van der Waals surface area (Å²) in [6, 6.07) is 0. The largest absolute Gasteiger partial charge is 0.395 e. The third kappa shape index (κ3) is 5.06. The zero-order valence-corrected chi connectivity index (χ0v) is 14.0. The lowest BCUT2D eigenvalue weighted by Crippen LogP contribution is -2.34. The van der Waals surface area contributed by atoms with Crippen molar-refractivity contribution in [2.75, 3.05) is 30.3 Å². The molecule has 0 aromatic carbocycles. The van der Waals surface area contributed by atoms with E-state index in [2.05, 4.69) is 27.2 Å². The molecule has 0 aliphatic heterocycles. The Balaban J connectivity index is 2.22. The van der Waals surface area contributed by atoms with Crippen LogP contribution in [0.1, 0.15) is 39.0 Å². The van der Waals surface area contributed by atoms with Gasteiger partial charge in [-0.25, -0.2) is 4.98 Å². The number of aliphatic hydroxyl groups excluding tert-OH is 1. The number of aromatic nitrogens is 2. The molecular formula is C18H28N4O. The van der Waals surface area contributed by atoms with Crippen LogP contribution in [-0.2, 0) is 0 Å². The van der Waals surface area contributed by atoms with E-state index in [1.54, 1.807) is 6.08 Å². The van der Waals surface area contributed by atoms with E-state index >= 15 is 0 Å². The molecule has 0 spiro atoms. The minimum absolute atomic E-state index is 0.0680. The minimum atomic E-state index is 0.0680. The van der Waals surface area contributed by atoms with Crippen molar-refractivity contribution in [2.45, 2.75) is 39.0 Å². The summed E-state index contributed by atoms with van der Waals surface area (Å²) in [4.78, 5) is 9.18. The Labute approximate surface area is 138 Å². The number of nitrogens with one attached hydrogen (secondary N) is 2. The number of aliphatic hydroxyl groups is 1. The first-order valence-corrected chi connectivity index (χ1v) is 8.54. The van der Waals surface area contributed by atoms with Crippen LogP contribution in [0.25, 0.3) is 12.2 Å².